The number of hydrogen-bond acceptors (Lipinski definition) is 6. The fourth-order valence-electron chi connectivity index (χ4n) is 3.52. The van der Waals surface area contributed by atoms with Gasteiger partial charge in [0.1, 0.15) is 5.01 Å². The third kappa shape index (κ3) is 5.21. The summed E-state index contributed by atoms with van der Waals surface area (Å²) >= 11 is 1.42. The predicted molar refractivity (Wildman–Crippen MR) is 122 cm³/mol. The first-order valence-corrected chi connectivity index (χ1v) is 12.4. The molecular formula is C23H27NO4S2. The van der Waals surface area contributed by atoms with Crippen molar-refractivity contribution >= 4 is 21.2 Å². The normalized spacial score (nSPS) is 11.5. The third-order valence-electron chi connectivity index (χ3n) is 4.83. The van der Waals surface area contributed by atoms with E-state index in [2.05, 4.69) is 4.98 Å². The Bertz CT molecular complexity index is 1130. The molecule has 0 atom stereocenters. The van der Waals surface area contributed by atoms with Gasteiger partial charge in [-0.05, 0) is 62.6 Å². The minimum absolute atomic E-state index is 0.0225. The lowest BCUT2D eigenvalue weighted by Gasteiger charge is -2.11. The highest BCUT2D eigenvalue weighted by atomic mass is 32.2. The fourth-order valence-corrected chi connectivity index (χ4v) is 6.03. The van der Waals surface area contributed by atoms with E-state index in [0.29, 0.717) is 23.8 Å². The van der Waals surface area contributed by atoms with Gasteiger partial charge in [0.15, 0.2) is 21.3 Å². The second kappa shape index (κ2) is 9.18. The van der Waals surface area contributed by atoms with Crippen molar-refractivity contribution < 1.29 is 17.9 Å². The number of hydrogen-bond donors (Lipinski definition) is 0. The summed E-state index contributed by atoms with van der Waals surface area (Å²) in [6.07, 6.45) is 0. The van der Waals surface area contributed by atoms with Gasteiger partial charge < -0.3 is 9.47 Å². The Labute approximate surface area is 182 Å². The minimum Gasteiger partial charge on any atom is -0.493 e. The van der Waals surface area contributed by atoms with E-state index in [-0.39, 0.29) is 11.5 Å². The molecule has 0 aliphatic carbocycles. The quantitative estimate of drug-likeness (QED) is 0.473. The van der Waals surface area contributed by atoms with Gasteiger partial charge in [-0.1, -0.05) is 17.7 Å². The number of methoxy groups -OCH3 is 1. The van der Waals surface area contributed by atoms with Crippen LogP contribution in [0.5, 0.6) is 11.5 Å². The number of nitrogens with zero attached hydrogens (tertiary/aromatic N) is 1. The number of thiazole rings is 1. The van der Waals surface area contributed by atoms with Crippen molar-refractivity contribution in [3.63, 3.8) is 0 Å². The molecule has 0 aliphatic rings. The molecule has 7 heteroatoms. The van der Waals surface area contributed by atoms with Crippen molar-refractivity contribution in [2.45, 2.75) is 39.2 Å². The molecule has 3 rings (SSSR count). The first kappa shape index (κ1) is 22.3. The SMILES string of the molecule is CCOc1ccc(-c2nc(CS(=O)(=O)Cc3c(C)cc(C)cc3C)cs2)cc1OC. The van der Waals surface area contributed by atoms with Gasteiger partial charge in [-0.2, -0.15) is 0 Å². The van der Waals surface area contributed by atoms with Gasteiger partial charge in [-0.3, -0.25) is 0 Å². The second-order valence-corrected chi connectivity index (χ2v) is 10.3. The average Bonchev–Trinajstić information content (AvgIpc) is 3.13. The smallest absolute Gasteiger partial charge is 0.161 e. The molecule has 5 nitrogen and oxygen atoms in total. The molecule has 0 saturated carbocycles. The van der Waals surface area contributed by atoms with Crippen LogP contribution in [0.1, 0.15) is 34.9 Å². The molecule has 30 heavy (non-hydrogen) atoms. The van der Waals surface area contributed by atoms with Crippen LogP contribution in [0, 0.1) is 20.8 Å². The Balaban J connectivity index is 1.80. The second-order valence-electron chi connectivity index (χ2n) is 7.35. The molecule has 160 valence electrons. The zero-order valence-electron chi connectivity index (χ0n) is 18.0. The van der Waals surface area contributed by atoms with E-state index >= 15 is 0 Å². The summed E-state index contributed by atoms with van der Waals surface area (Å²) in [6, 6.07) is 9.67. The molecular weight excluding hydrogens is 418 g/mol. The highest BCUT2D eigenvalue weighted by molar-refractivity contribution is 7.89. The molecule has 3 aromatic rings. The third-order valence-corrected chi connectivity index (χ3v) is 7.24. The van der Waals surface area contributed by atoms with Gasteiger partial charge >= 0.3 is 0 Å². The molecule has 0 N–H and O–H groups in total. The van der Waals surface area contributed by atoms with Crippen LogP contribution < -0.4 is 9.47 Å². The Morgan fingerprint density at radius 3 is 2.33 bits per heavy atom. The number of benzene rings is 2. The average molecular weight is 446 g/mol. The van der Waals surface area contributed by atoms with Crippen molar-refractivity contribution in [1.29, 1.82) is 0 Å². The van der Waals surface area contributed by atoms with Crippen LogP contribution in [0.15, 0.2) is 35.7 Å². The van der Waals surface area contributed by atoms with Crippen LogP contribution >= 0.6 is 11.3 Å². The molecule has 2 aromatic carbocycles. The topological polar surface area (TPSA) is 65.5 Å². The predicted octanol–water partition coefficient (Wildman–Crippen LogP) is 5.26. The molecule has 0 radical (unpaired) electrons. The van der Waals surface area contributed by atoms with Crippen LogP contribution in [-0.4, -0.2) is 27.1 Å². The Kier molecular flexibility index (Phi) is 6.83. The molecule has 1 aromatic heterocycles. The number of aromatic nitrogens is 1. The largest absolute Gasteiger partial charge is 0.493 e. The maximum Gasteiger partial charge on any atom is 0.161 e. The lowest BCUT2D eigenvalue weighted by molar-refractivity contribution is 0.311. The molecule has 0 spiro atoms. The summed E-state index contributed by atoms with van der Waals surface area (Å²) in [5.41, 5.74) is 5.47. The highest BCUT2D eigenvalue weighted by Gasteiger charge is 2.19. The van der Waals surface area contributed by atoms with E-state index in [1.165, 1.54) is 11.3 Å². The lowest BCUT2D eigenvalue weighted by Crippen LogP contribution is -2.10. The van der Waals surface area contributed by atoms with E-state index in [9.17, 15) is 8.42 Å². The first-order valence-electron chi connectivity index (χ1n) is 9.75. The van der Waals surface area contributed by atoms with E-state index in [1.807, 2.05) is 63.4 Å². The summed E-state index contributed by atoms with van der Waals surface area (Å²) < 4.78 is 36.7. The number of aryl methyl sites for hydroxylation is 3. The summed E-state index contributed by atoms with van der Waals surface area (Å²) in [5.74, 6) is 1.25. The van der Waals surface area contributed by atoms with Crippen molar-refractivity contribution in [2.75, 3.05) is 13.7 Å². The van der Waals surface area contributed by atoms with Crippen molar-refractivity contribution in [2.24, 2.45) is 0 Å². The van der Waals surface area contributed by atoms with Crippen molar-refractivity contribution in [3.8, 4) is 22.1 Å². The molecule has 1 heterocycles. The molecule has 0 fully saturated rings. The monoisotopic (exact) mass is 445 g/mol. The molecule has 0 bridgehead atoms. The zero-order chi connectivity index (χ0) is 21.9. The number of sulfone groups is 1. The lowest BCUT2D eigenvalue weighted by atomic mass is 10.0. The summed E-state index contributed by atoms with van der Waals surface area (Å²) in [4.78, 5) is 4.56. The summed E-state index contributed by atoms with van der Waals surface area (Å²) in [7, 11) is -1.75. The van der Waals surface area contributed by atoms with Gasteiger partial charge in [0, 0.05) is 10.9 Å². The maximum absolute atomic E-state index is 12.8. The van der Waals surface area contributed by atoms with Crippen LogP contribution in [0.2, 0.25) is 0 Å². The van der Waals surface area contributed by atoms with Gasteiger partial charge in [-0.25, -0.2) is 13.4 Å². The first-order chi connectivity index (χ1) is 14.2. The van der Waals surface area contributed by atoms with Crippen LogP contribution in [0.4, 0.5) is 0 Å². The Morgan fingerprint density at radius 2 is 1.70 bits per heavy atom. The van der Waals surface area contributed by atoms with Gasteiger partial charge in [-0.15, -0.1) is 11.3 Å². The Hall–Kier alpha value is -2.38. The van der Waals surface area contributed by atoms with Crippen LogP contribution in [-0.2, 0) is 21.3 Å². The summed E-state index contributed by atoms with van der Waals surface area (Å²) in [5, 5.41) is 2.56. The Morgan fingerprint density at radius 1 is 1.00 bits per heavy atom. The highest BCUT2D eigenvalue weighted by Crippen LogP contribution is 2.34. The number of rotatable bonds is 8. The molecule has 0 saturated heterocycles. The van der Waals surface area contributed by atoms with Crippen molar-refractivity contribution in [3.05, 3.63) is 63.7 Å². The standard InChI is InChI=1S/C23H27NO4S2/c1-6-28-21-8-7-18(11-22(21)27-5)23-24-19(12-29-23)13-30(25,26)14-20-16(3)9-15(2)10-17(20)4/h7-12H,6,13-14H2,1-5H3. The molecule has 0 amide bonds. The molecule has 0 aliphatic heterocycles. The van der Waals surface area contributed by atoms with E-state index in [0.717, 1.165) is 32.8 Å². The van der Waals surface area contributed by atoms with Gasteiger partial charge in [0.25, 0.3) is 0 Å². The van der Waals surface area contributed by atoms with E-state index < -0.39 is 9.84 Å². The van der Waals surface area contributed by atoms with Crippen LogP contribution in [0.3, 0.4) is 0 Å². The fraction of sp³-hybridized carbons (Fsp3) is 0.348. The van der Waals surface area contributed by atoms with Gasteiger partial charge in [0.05, 0.1) is 30.9 Å². The van der Waals surface area contributed by atoms with Crippen molar-refractivity contribution in [1.82, 2.24) is 4.98 Å². The minimum atomic E-state index is -3.34. The molecule has 0 unspecified atom stereocenters. The van der Waals surface area contributed by atoms with Crippen LogP contribution in [0.25, 0.3) is 10.6 Å². The number of ether oxygens (including phenoxy) is 2. The zero-order valence-corrected chi connectivity index (χ0v) is 19.6. The maximum atomic E-state index is 12.8. The summed E-state index contributed by atoms with van der Waals surface area (Å²) in [6.45, 7) is 8.41. The van der Waals surface area contributed by atoms with E-state index in [1.54, 1.807) is 7.11 Å². The van der Waals surface area contributed by atoms with Gasteiger partial charge in [0.2, 0.25) is 0 Å². The van der Waals surface area contributed by atoms with E-state index in [4.69, 9.17) is 9.47 Å².